The molecule has 134 valence electrons. The summed E-state index contributed by atoms with van der Waals surface area (Å²) in [5.74, 6) is 0.160. The summed E-state index contributed by atoms with van der Waals surface area (Å²) in [7, 11) is -1.90. The van der Waals surface area contributed by atoms with E-state index >= 15 is 0 Å². The number of amides is 1. The fourth-order valence-electron chi connectivity index (χ4n) is 3.11. The standard InChI is InChI=1S/C17H22N4O3S/c1-21(14-5-3-2-4-6-14)25(23,24)15-9-7-13(8-10-15)17(22)19-16-11-12-18-20-16/h7-12,14H,2-6H2,1H3,(H2,18,19,20,22). The van der Waals surface area contributed by atoms with Crippen molar-refractivity contribution < 1.29 is 13.2 Å². The molecule has 0 unspecified atom stereocenters. The van der Waals surface area contributed by atoms with Crippen LogP contribution >= 0.6 is 0 Å². The maximum atomic E-state index is 12.8. The number of hydrogen-bond donors (Lipinski definition) is 2. The average molecular weight is 362 g/mol. The van der Waals surface area contributed by atoms with E-state index in [2.05, 4.69) is 15.5 Å². The van der Waals surface area contributed by atoms with Crippen molar-refractivity contribution >= 4 is 21.7 Å². The molecule has 2 N–H and O–H groups in total. The van der Waals surface area contributed by atoms with Crippen molar-refractivity contribution in [3.8, 4) is 0 Å². The highest BCUT2D eigenvalue weighted by molar-refractivity contribution is 7.89. The summed E-state index contributed by atoms with van der Waals surface area (Å²) in [6.07, 6.45) is 6.65. The summed E-state index contributed by atoms with van der Waals surface area (Å²) in [5.41, 5.74) is 0.383. The number of rotatable bonds is 5. The van der Waals surface area contributed by atoms with Gasteiger partial charge in [-0.3, -0.25) is 9.89 Å². The van der Waals surface area contributed by atoms with Crippen molar-refractivity contribution in [3.63, 3.8) is 0 Å². The van der Waals surface area contributed by atoms with Gasteiger partial charge in [0, 0.05) is 24.7 Å². The lowest BCUT2D eigenvalue weighted by molar-refractivity contribution is 0.102. The Labute approximate surface area is 147 Å². The second-order valence-electron chi connectivity index (χ2n) is 6.26. The highest BCUT2D eigenvalue weighted by Gasteiger charge is 2.29. The van der Waals surface area contributed by atoms with Gasteiger partial charge in [0.1, 0.15) is 5.82 Å². The predicted molar refractivity (Wildman–Crippen MR) is 94.8 cm³/mol. The molecule has 1 aliphatic rings. The average Bonchev–Trinajstić information content (AvgIpc) is 3.15. The Morgan fingerprint density at radius 2 is 1.84 bits per heavy atom. The first-order valence-electron chi connectivity index (χ1n) is 8.37. The number of nitrogens with zero attached hydrogens (tertiary/aromatic N) is 2. The zero-order chi connectivity index (χ0) is 17.9. The Hall–Kier alpha value is -2.19. The number of anilines is 1. The molecule has 0 radical (unpaired) electrons. The second kappa shape index (κ2) is 7.37. The van der Waals surface area contributed by atoms with E-state index in [9.17, 15) is 13.2 Å². The highest BCUT2D eigenvalue weighted by atomic mass is 32.2. The Bertz CT molecular complexity index is 810. The van der Waals surface area contributed by atoms with Gasteiger partial charge in [-0.25, -0.2) is 8.42 Å². The van der Waals surface area contributed by atoms with Crippen LogP contribution in [0, 0.1) is 0 Å². The summed E-state index contributed by atoms with van der Waals surface area (Å²) in [6, 6.07) is 7.70. The lowest BCUT2D eigenvalue weighted by Gasteiger charge is -2.30. The number of sulfonamides is 1. The molecule has 25 heavy (non-hydrogen) atoms. The molecular weight excluding hydrogens is 340 g/mol. The SMILES string of the molecule is CN(C1CCCCC1)S(=O)(=O)c1ccc(C(=O)Nc2ccn[nH]2)cc1. The Kier molecular flexibility index (Phi) is 5.19. The van der Waals surface area contributed by atoms with E-state index in [1.54, 1.807) is 13.1 Å². The zero-order valence-corrected chi connectivity index (χ0v) is 14.9. The van der Waals surface area contributed by atoms with E-state index in [4.69, 9.17) is 0 Å². The molecule has 1 heterocycles. The first-order valence-corrected chi connectivity index (χ1v) is 9.81. The van der Waals surface area contributed by atoms with Crippen LogP contribution in [0.25, 0.3) is 0 Å². The molecule has 7 nitrogen and oxygen atoms in total. The molecule has 0 spiro atoms. The quantitative estimate of drug-likeness (QED) is 0.855. The number of carbonyl (C=O) groups is 1. The molecule has 1 aliphatic carbocycles. The summed E-state index contributed by atoms with van der Waals surface area (Å²) < 4.78 is 27.0. The number of benzene rings is 1. The first-order chi connectivity index (χ1) is 12.0. The van der Waals surface area contributed by atoms with Crippen molar-refractivity contribution in [2.24, 2.45) is 0 Å². The van der Waals surface area contributed by atoms with Crippen LogP contribution in [0.15, 0.2) is 41.4 Å². The minimum atomic E-state index is -3.55. The van der Waals surface area contributed by atoms with Crippen molar-refractivity contribution in [2.75, 3.05) is 12.4 Å². The van der Waals surface area contributed by atoms with Gasteiger partial charge in [-0.2, -0.15) is 9.40 Å². The van der Waals surface area contributed by atoms with Gasteiger partial charge >= 0.3 is 0 Å². The lowest BCUT2D eigenvalue weighted by Crippen LogP contribution is -2.38. The lowest BCUT2D eigenvalue weighted by atomic mass is 9.96. The molecule has 1 aromatic heterocycles. The summed E-state index contributed by atoms with van der Waals surface area (Å²) >= 11 is 0. The van der Waals surface area contributed by atoms with Crippen LogP contribution in [0.2, 0.25) is 0 Å². The smallest absolute Gasteiger partial charge is 0.256 e. The van der Waals surface area contributed by atoms with E-state index in [0.717, 1.165) is 25.7 Å². The zero-order valence-electron chi connectivity index (χ0n) is 14.1. The summed E-state index contributed by atoms with van der Waals surface area (Å²) in [4.78, 5) is 12.3. The Morgan fingerprint density at radius 1 is 1.16 bits per heavy atom. The van der Waals surface area contributed by atoms with Crippen LogP contribution < -0.4 is 5.32 Å². The van der Waals surface area contributed by atoms with E-state index in [1.807, 2.05) is 0 Å². The maximum Gasteiger partial charge on any atom is 0.256 e. The van der Waals surface area contributed by atoms with E-state index in [-0.39, 0.29) is 16.8 Å². The Balaban J connectivity index is 1.73. The number of hydrogen-bond acceptors (Lipinski definition) is 4. The van der Waals surface area contributed by atoms with Crippen LogP contribution in [0.5, 0.6) is 0 Å². The van der Waals surface area contributed by atoms with Crippen LogP contribution in [0.1, 0.15) is 42.5 Å². The minimum absolute atomic E-state index is 0.0575. The van der Waals surface area contributed by atoms with Gasteiger partial charge in [0.25, 0.3) is 5.91 Å². The second-order valence-corrected chi connectivity index (χ2v) is 8.26. The number of aromatic amines is 1. The summed E-state index contributed by atoms with van der Waals surface area (Å²) in [6.45, 7) is 0. The largest absolute Gasteiger partial charge is 0.307 e. The van der Waals surface area contributed by atoms with Crippen molar-refractivity contribution in [2.45, 2.75) is 43.0 Å². The fourth-order valence-corrected chi connectivity index (χ4v) is 4.52. The fraction of sp³-hybridized carbons (Fsp3) is 0.412. The topological polar surface area (TPSA) is 95.2 Å². The van der Waals surface area contributed by atoms with E-state index in [0.29, 0.717) is 11.4 Å². The number of carbonyl (C=O) groups excluding carboxylic acids is 1. The molecule has 0 saturated heterocycles. The van der Waals surface area contributed by atoms with E-state index in [1.165, 1.54) is 41.2 Å². The summed E-state index contributed by atoms with van der Waals surface area (Å²) in [5, 5.41) is 9.05. The van der Waals surface area contributed by atoms with Crippen LogP contribution in [-0.2, 0) is 10.0 Å². The van der Waals surface area contributed by atoms with Crippen molar-refractivity contribution in [1.29, 1.82) is 0 Å². The van der Waals surface area contributed by atoms with E-state index < -0.39 is 10.0 Å². The van der Waals surface area contributed by atoms with Crippen LogP contribution in [0.4, 0.5) is 5.82 Å². The number of nitrogens with one attached hydrogen (secondary N) is 2. The van der Waals surface area contributed by atoms with Crippen molar-refractivity contribution in [1.82, 2.24) is 14.5 Å². The molecule has 0 atom stereocenters. The molecule has 0 aliphatic heterocycles. The Morgan fingerprint density at radius 3 is 2.44 bits per heavy atom. The molecule has 1 aromatic carbocycles. The first kappa shape index (κ1) is 17.6. The van der Waals surface area contributed by atoms with Gasteiger partial charge in [0.2, 0.25) is 10.0 Å². The van der Waals surface area contributed by atoms with Gasteiger partial charge in [-0.15, -0.1) is 0 Å². The minimum Gasteiger partial charge on any atom is -0.307 e. The molecule has 8 heteroatoms. The molecule has 1 saturated carbocycles. The van der Waals surface area contributed by atoms with Gasteiger partial charge in [-0.1, -0.05) is 19.3 Å². The molecule has 1 fully saturated rings. The van der Waals surface area contributed by atoms with Gasteiger partial charge in [0.15, 0.2) is 0 Å². The normalized spacial score (nSPS) is 16.1. The van der Waals surface area contributed by atoms with Crippen LogP contribution in [0.3, 0.4) is 0 Å². The highest BCUT2D eigenvalue weighted by Crippen LogP contribution is 2.26. The third kappa shape index (κ3) is 3.91. The third-order valence-electron chi connectivity index (χ3n) is 4.63. The predicted octanol–water partition coefficient (Wildman–Crippen LogP) is 2.62. The van der Waals surface area contributed by atoms with Gasteiger partial charge < -0.3 is 5.32 Å². The molecule has 2 aromatic rings. The molecule has 0 bridgehead atoms. The molecule has 3 rings (SSSR count). The molecule has 1 amide bonds. The van der Waals surface area contributed by atoms with Gasteiger partial charge in [-0.05, 0) is 37.1 Å². The van der Waals surface area contributed by atoms with Gasteiger partial charge in [0.05, 0.1) is 11.1 Å². The molecular formula is C17H22N4O3S. The van der Waals surface area contributed by atoms with Crippen molar-refractivity contribution in [3.05, 3.63) is 42.1 Å². The third-order valence-corrected chi connectivity index (χ3v) is 6.56. The van der Waals surface area contributed by atoms with Crippen LogP contribution in [-0.4, -0.2) is 41.9 Å². The monoisotopic (exact) mass is 362 g/mol. The number of H-pyrrole nitrogens is 1. The number of aromatic nitrogens is 2. The maximum absolute atomic E-state index is 12.8.